The Morgan fingerprint density at radius 1 is 0.966 bits per heavy atom. The van der Waals surface area contributed by atoms with Gasteiger partial charge < -0.3 is 9.94 Å². The number of amides is 1. The number of nitrogens with zero attached hydrogens (tertiary/aromatic N) is 1. The second-order valence-electron chi connectivity index (χ2n) is 6.08. The molecular formula is C22H15BrN2O3S. The van der Waals surface area contributed by atoms with Gasteiger partial charge in [-0.1, -0.05) is 87.9 Å². The largest absolute Gasteiger partial charge is 0.507 e. The van der Waals surface area contributed by atoms with Gasteiger partial charge in [-0.05, 0) is 23.8 Å². The zero-order valence-electron chi connectivity index (χ0n) is 15.0. The number of carbonyl (C=O) groups excluding carboxylic acids is 1. The molecule has 0 bridgehead atoms. The highest BCUT2D eigenvalue weighted by molar-refractivity contribution is 9.10. The number of rotatable bonds is 5. The van der Waals surface area contributed by atoms with Gasteiger partial charge in [-0.3, -0.25) is 4.79 Å². The van der Waals surface area contributed by atoms with Crippen molar-refractivity contribution in [3.05, 3.63) is 88.9 Å². The fourth-order valence-corrected chi connectivity index (χ4v) is 4.03. The van der Waals surface area contributed by atoms with Crippen molar-refractivity contribution in [1.82, 2.24) is 10.5 Å². The molecule has 1 heterocycles. The number of aromatic nitrogens is 1. The lowest BCUT2D eigenvalue weighted by atomic mass is 10.1. The third-order valence-corrected chi connectivity index (χ3v) is 5.60. The molecule has 144 valence electrons. The average molecular weight is 467 g/mol. The predicted molar refractivity (Wildman–Crippen MR) is 117 cm³/mol. The maximum absolute atomic E-state index is 12.4. The molecule has 0 aliphatic heterocycles. The van der Waals surface area contributed by atoms with Crippen molar-refractivity contribution in [2.24, 2.45) is 0 Å². The van der Waals surface area contributed by atoms with Crippen LogP contribution < -0.4 is 10.3 Å². The van der Waals surface area contributed by atoms with E-state index < -0.39 is 5.91 Å². The number of thiazole rings is 1. The molecule has 0 unspecified atom stereocenters. The number of hydroxylamine groups is 1. The maximum Gasteiger partial charge on any atom is 0.303 e. The Morgan fingerprint density at radius 2 is 1.62 bits per heavy atom. The molecule has 0 saturated heterocycles. The van der Waals surface area contributed by atoms with Crippen molar-refractivity contribution in [2.75, 3.05) is 0 Å². The van der Waals surface area contributed by atoms with E-state index in [0.29, 0.717) is 9.67 Å². The number of aromatic hydroxyl groups is 1. The zero-order valence-corrected chi connectivity index (χ0v) is 17.4. The first-order chi connectivity index (χ1) is 14.1. The Hall–Kier alpha value is -3.16. The minimum Gasteiger partial charge on any atom is -0.507 e. The van der Waals surface area contributed by atoms with Crippen molar-refractivity contribution in [1.29, 1.82) is 0 Å². The summed E-state index contributed by atoms with van der Waals surface area (Å²) < 4.78 is 0.674. The normalized spacial score (nSPS) is 10.5. The lowest BCUT2D eigenvalue weighted by molar-refractivity contribution is 0.0756. The number of benzene rings is 3. The summed E-state index contributed by atoms with van der Waals surface area (Å²) in [5.41, 5.74) is 5.19. The lowest BCUT2D eigenvalue weighted by Crippen LogP contribution is -2.27. The van der Waals surface area contributed by atoms with Gasteiger partial charge in [0, 0.05) is 10.0 Å². The second kappa shape index (κ2) is 8.46. The average Bonchev–Trinajstić information content (AvgIpc) is 3.19. The highest BCUT2D eigenvalue weighted by Gasteiger charge is 2.18. The van der Waals surface area contributed by atoms with Crippen LogP contribution >= 0.6 is 27.3 Å². The Labute approximate surface area is 179 Å². The molecule has 0 radical (unpaired) electrons. The third kappa shape index (κ3) is 4.31. The van der Waals surface area contributed by atoms with E-state index in [1.165, 1.54) is 23.5 Å². The first-order valence-electron chi connectivity index (χ1n) is 8.69. The molecule has 0 aliphatic rings. The van der Waals surface area contributed by atoms with Crippen molar-refractivity contribution in [2.45, 2.75) is 0 Å². The fourth-order valence-electron chi connectivity index (χ4n) is 2.76. The van der Waals surface area contributed by atoms with E-state index in [-0.39, 0.29) is 11.3 Å². The molecule has 0 atom stereocenters. The second-order valence-corrected chi connectivity index (χ2v) is 7.96. The summed E-state index contributed by atoms with van der Waals surface area (Å²) in [4.78, 5) is 23.4. The van der Waals surface area contributed by atoms with E-state index in [2.05, 4.69) is 26.4 Å². The maximum atomic E-state index is 12.4. The fraction of sp³-hybridized carbons (Fsp3) is 0. The standard InChI is InChI=1S/C22H15BrN2O3S/c23-16-11-12-18(26)17(13-16)21(27)25-28-22-24-19(14-7-3-1-4-8-14)20(29-22)15-9-5-2-6-10-15/h1-13,26H,(H,25,27). The molecule has 0 fully saturated rings. The SMILES string of the molecule is O=C(NOc1nc(-c2ccccc2)c(-c2ccccc2)s1)c1cc(Br)ccc1O. The van der Waals surface area contributed by atoms with Gasteiger partial charge in [0.25, 0.3) is 5.91 Å². The van der Waals surface area contributed by atoms with Crippen LogP contribution in [0.5, 0.6) is 10.9 Å². The highest BCUT2D eigenvalue weighted by Crippen LogP contribution is 2.39. The number of hydrogen-bond donors (Lipinski definition) is 2. The van der Waals surface area contributed by atoms with Crippen LogP contribution in [-0.2, 0) is 0 Å². The van der Waals surface area contributed by atoms with E-state index in [9.17, 15) is 9.90 Å². The smallest absolute Gasteiger partial charge is 0.303 e. The highest BCUT2D eigenvalue weighted by atomic mass is 79.9. The summed E-state index contributed by atoms with van der Waals surface area (Å²) in [6.45, 7) is 0. The van der Waals surface area contributed by atoms with E-state index in [1.807, 2.05) is 60.7 Å². The van der Waals surface area contributed by atoms with Gasteiger partial charge >= 0.3 is 5.19 Å². The molecule has 0 aliphatic carbocycles. The number of phenolic OH excluding ortho intramolecular Hbond substituents is 1. The third-order valence-electron chi connectivity index (χ3n) is 4.13. The number of halogens is 1. The Morgan fingerprint density at radius 3 is 2.31 bits per heavy atom. The molecule has 0 saturated carbocycles. The van der Waals surface area contributed by atoms with Crippen LogP contribution in [0.15, 0.2) is 83.3 Å². The molecule has 7 heteroatoms. The number of nitrogens with one attached hydrogen (secondary N) is 1. The van der Waals surface area contributed by atoms with Crippen LogP contribution in [-0.4, -0.2) is 16.0 Å². The zero-order chi connectivity index (χ0) is 20.2. The summed E-state index contributed by atoms with van der Waals surface area (Å²) >= 11 is 4.62. The molecule has 4 rings (SSSR count). The van der Waals surface area contributed by atoms with E-state index in [4.69, 9.17) is 4.84 Å². The molecule has 1 amide bonds. The summed E-state index contributed by atoms with van der Waals surface area (Å²) in [6.07, 6.45) is 0. The van der Waals surface area contributed by atoms with Crippen molar-refractivity contribution in [3.8, 4) is 32.6 Å². The molecule has 5 nitrogen and oxygen atoms in total. The molecule has 0 spiro atoms. The number of phenols is 1. The van der Waals surface area contributed by atoms with Gasteiger partial charge in [0.1, 0.15) is 5.75 Å². The van der Waals surface area contributed by atoms with Gasteiger partial charge in [-0.25, -0.2) is 0 Å². The Kier molecular flexibility index (Phi) is 5.59. The van der Waals surface area contributed by atoms with Gasteiger partial charge in [0.05, 0.1) is 16.1 Å². The summed E-state index contributed by atoms with van der Waals surface area (Å²) in [5, 5.41) is 10.2. The Balaban J connectivity index is 1.62. The summed E-state index contributed by atoms with van der Waals surface area (Å²) in [6, 6.07) is 24.3. The van der Waals surface area contributed by atoms with Gasteiger partial charge in [-0.2, -0.15) is 10.5 Å². The molecule has 29 heavy (non-hydrogen) atoms. The summed E-state index contributed by atoms with van der Waals surface area (Å²) in [5.74, 6) is -0.704. The van der Waals surface area contributed by atoms with Gasteiger partial charge in [-0.15, -0.1) is 0 Å². The van der Waals surface area contributed by atoms with Gasteiger partial charge in [0.15, 0.2) is 0 Å². The van der Waals surface area contributed by atoms with Crippen LogP contribution in [0.3, 0.4) is 0 Å². The van der Waals surface area contributed by atoms with E-state index in [1.54, 1.807) is 6.07 Å². The number of carbonyl (C=O) groups is 1. The topological polar surface area (TPSA) is 71.5 Å². The van der Waals surface area contributed by atoms with Gasteiger partial charge in [0.2, 0.25) is 0 Å². The van der Waals surface area contributed by atoms with Crippen LogP contribution in [0.2, 0.25) is 0 Å². The molecule has 4 aromatic rings. The summed E-state index contributed by atoms with van der Waals surface area (Å²) in [7, 11) is 0. The molecule has 3 aromatic carbocycles. The van der Waals surface area contributed by atoms with Crippen LogP contribution in [0.4, 0.5) is 0 Å². The van der Waals surface area contributed by atoms with E-state index in [0.717, 1.165) is 21.7 Å². The quantitative estimate of drug-likeness (QED) is 0.371. The minimum atomic E-state index is -0.568. The lowest BCUT2D eigenvalue weighted by Gasteiger charge is -2.06. The first kappa shape index (κ1) is 19.2. The first-order valence-corrected chi connectivity index (χ1v) is 10.3. The molecule has 2 N–H and O–H groups in total. The molecular weight excluding hydrogens is 452 g/mol. The monoisotopic (exact) mass is 466 g/mol. The van der Waals surface area contributed by atoms with E-state index >= 15 is 0 Å². The van der Waals surface area contributed by atoms with Crippen LogP contribution in [0, 0.1) is 0 Å². The van der Waals surface area contributed by atoms with Crippen molar-refractivity contribution in [3.63, 3.8) is 0 Å². The van der Waals surface area contributed by atoms with Crippen LogP contribution in [0.1, 0.15) is 10.4 Å². The van der Waals surface area contributed by atoms with Crippen LogP contribution in [0.25, 0.3) is 21.7 Å². The minimum absolute atomic E-state index is 0.0995. The van der Waals surface area contributed by atoms with Crippen molar-refractivity contribution >= 4 is 33.2 Å². The Bertz CT molecular complexity index is 1090. The van der Waals surface area contributed by atoms with Crippen molar-refractivity contribution < 1.29 is 14.7 Å². The molecule has 1 aromatic heterocycles. The predicted octanol–water partition coefficient (Wildman–Crippen LogP) is 5.67. The number of hydrogen-bond acceptors (Lipinski definition) is 5.